The monoisotopic (exact) mass is 213 g/mol. The summed E-state index contributed by atoms with van der Waals surface area (Å²) in [6.45, 7) is 4.06. The van der Waals surface area contributed by atoms with Crippen LogP contribution in [0.25, 0.3) is 0 Å². The first kappa shape index (κ1) is 12.5. The Bertz CT molecular complexity index is 212. The molecule has 0 radical (unpaired) electrons. The van der Waals surface area contributed by atoms with Crippen LogP contribution in [0.4, 0.5) is 0 Å². The summed E-state index contributed by atoms with van der Waals surface area (Å²) in [6, 6.07) is 0.924. The molecule has 0 amide bonds. The Morgan fingerprint density at radius 1 is 1.33 bits per heavy atom. The van der Waals surface area contributed by atoms with Gasteiger partial charge in [-0.05, 0) is 26.8 Å². The zero-order valence-electron chi connectivity index (χ0n) is 10.3. The fraction of sp³-hybridized carbons (Fsp3) is 0.917. The molecule has 1 saturated carbocycles. The number of methoxy groups -OCH3 is 1. The van der Waals surface area contributed by atoms with Gasteiger partial charge in [-0.1, -0.05) is 19.8 Å². The molecule has 0 bridgehead atoms. The Labute approximate surface area is 92.8 Å². The van der Waals surface area contributed by atoms with Crippen molar-refractivity contribution in [2.75, 3.05) is 14.2 Å². The van der Waals surface area contributed by atoms with Crippen molar-refractivity contribution < 1.29 is 9.53 Å². The van der Waals surface area contributed by atoms with Crippen LogP contribution in [0.1, 0.15) is 39.5 Å². The SMILES string of the molecule is COC(=O)C(C)C(C)N(C)C1CCCC1. The molecule has 0 N–H and O–H groups in total. The highest BCUT2D eigenvalue weighted by atomic mass is 16.5. The van der Waals surface area contributed by atoms with Crippen molar-refractivity contribution in [3.63, 3.8) is 0 Å². The predicted octanol–water partition coefficient (Wildman–Crippen LogP) is 2.06. The van der Waals surface area contributed by atoms with E-state index in [1.165, 1.54) is 32.8 Å². The van der Waals surface area contributed by atoms with E-state index >= 15 is 0 Å². The third-order valence-corrected chi connectivity index (χ3v) is 3.84. The minimum atomic E-state index is -0.104. The van der Waals surface area contributed by atoms with Gasteiger partial charge in [-0.15, -0.1) is 0 Å². The van der Waals surface area contributed by atoms with Crippen LogP contribution in [-0.4, -0.2) is 37.1 Å². The minimum Gasteiger partial charge on any atom is -0.469 e. The summed E-state index contributed by atoms with van der Waals surface area (Å²) in [7, 11) is 3.58. The van der Waals surface area contributed by atoms with Gasteiger partial charge < -0.3 is 4.74 Å². The molecule has 2 atom stereocenters. The molecule has 0 aliphatic heterocycles. The molecule has 0 saturated heterocycles. The highest BCUT2D eigenvalue weighted by Crippen LogP contribution is 2.25. The van der Waals surface area contributed by atoms with Gasteiger partial charge in [0.15, 0.2) is 0 Å². The minimum absolute atomic E-state index is 0.0411. The van der Waals surface area contributed by atoms with Crippen LogP contribution >= 0.6 is 0 Å². The summed E-state index contributed by atoms with van der Waals surface area (Å²) >= 11 is 0. The van der Waals surface area contributed by atoms with Crippen LogP contribution < -0.4 is 0 Å². The van der Waals surface area contributed by atoms with E-state index in [9.17, 15) is 4.79 Å². The maximum Gasteiger partial charge on any atom is 0.309 e. The molecule has 3 heteroatoms. The quantitative estimate of drug-likeness (QED) is 0.669. The molecule has 0 aromatic heterocycles. The molecule has 15 heavy (non-hydrogen) atoms. The first-order chi connectivity index (χ1) is 7.07. The lowest BCUT2D eigenvalue weighted by Crippen LogP contribution is -2.43. The van der Waals surface area contributed by atoms with Crippen LogP contribution in [0.3, 0.4) is 0 Å². The number of hydrogen-bond acceptors (Lipinski definition) is 3. The molecule has 0 heterocycles. The van der Waals surface area contributed by atoms with Crippen molar-refractivity contribution >= 4 is 5.97 Å². The van der Waals surface area contributed by atoms with Gasteiger partial charge in [0.25, 0.3) is 0 Å². The number of carbonyl (C=O) groups is 1. The van der Waals surface area contributed by atoms with Crippen molar-refractivity contribution in [1.29, 1.82) is 0 Å². The van der Waals surface area contributed by atoms with Gasteiger partial charge >= 0.3 is 5.97 Å². The Balaban J connectivity index is 2.50. The second kappa shape index (κ2) is 5.50. The van der Waals surface area contributed by atoms with E-state index < -0.39 is 0 Å². The second-order valence-corrected chi connectivity index (χ2v) is 4.66. The molecule has 0 spiro atoms. The number of carbonyl (C=O) groups excluding carboxylic acids is 1. The van der Waals surface area contributed by atoms with Gasteiger partial charge in [0.05, 0.1) is 13.0 Å². The lowest BCUT2D eigenvalue weighted by molar-refractivity contribution is -0.147. The van der Waals surface area contributed by atoms with Crippen LogP contribution in [-0.2, 0) is 9.53 Å². The molecule has 1 fully saturated rings. The van der Waals surface area contributed by atoms with Crippen LogP contribution in [0.2, 0.25) is 0 Å². The van der Waals surface area contributed by atoms with E-state index in [4.69, 9.17) is 4.74 Å². The Hall–Kier alpha value is -0.570. The van der Waals surface area contributed by atoms with E-state index in [1.807, 2.05) is 6.92 Å². The summed E-state index contributed by atoms with van der Waals surface area (Å²) in [4.78, 5) is 13.8. The molecule has 2 unspecified atom stereocenters. The number of nitrogens with zero attached hydrogens (tertiary/aromatic N) is 1. The van der Waals surface area contributed by atoms with E-state index in [0.29, 0.717) is 6.04 Å². The fourth-order valence-electron chi connectivity index (χ4n) is 2.38. The van der Waals surface area contributed by atoms with Crippen LogP contribution in [0, 0.1) is 5.92 Å². The predicted molar refractivity (Wildman–Crippen MR) is 60.7 cm³/mol. The lowest BCUT2D eigenvalue weighted by Gasteiger charge is -2.33. The molecule has 88 valence electrons. The molecular weight excluding hydrogens is 190 g/mol. The molecule has 1 aliphatic carbocycles. The van der Waals surface area contributed by atoms with E-state index in [2.05, 4.69) is 18.9 Å². The van der Waals surface area contributed by atoms with Crippen LogP contribution in [0.5, 0.6) is 0 Å². The largest absolute Gasteiger partial charge is 0.469 e. The average molecular weight is 213 g/mol. The van der Waals surface area contributed by atoms with E-state index in [1.54, 1.807) is 0 Å². The topological polar surface area (TPSA) is 29.5 Å². The zero-order chi connectivity index (χ0) is 11.4. The summed E-state index contributed by atoms with van der Waals surface area (Å²) in [6.07, 6.45) is 5.20. The third kappa shape index (κ3) is 2.94. The molecular formula is C12H23NO2. The summed E-state index contributed by atoms with van der Waals surface area (Å²) in [5.74, 6) is -0.145. The van der Waals surface area contributed by atoms with Crippen molar-refractivity contribution in [1.82, 2.24) is 4.90 Å². The Morgan fingerprint density at radius 2 is 1.87 bits per heavy atom. The summed E-state index contributed by atoms with van der Waals surface area (Å²) in [5.41, 5.74) is 0. The second-order valence-electron chi connectivity index (χ2n) is 4.66. The highest BCUT2D eigenvalue weighted by molar-refractivity contribution is 5.72. The molecule has 1 aliphatic rings. The van der Waals surface area contributed by atoms with Crippen LogP contribution in [0.15, 0.2) is 0 Å². The smallest absolute Gasteiger partial charge is 0.309 e. The van der Waals surface area contributed by atoms with Crippen molar-refractivity contribution in [2.24, 2.45) is 5.92 Å². The van der Waals surface area contributed by atoms with Gasteiger partial charge in [-0.2, -0.15) is 0 Å². The number of rotatable bonds is 4. The van der Waals surface area contributed by atoms with E-state index in [-0.39, 0.29) is 17.9 Å². The van der Waals surface area contributed by atoms with Crippen molar-refractivity contribution in [3.8, 4) is 0 Å². The number of esters is 1. The van der Waals surface area contributed by atoms with Gasteiger partial charge in [-0.25, -0.2) is 0 Å². The number of hydrogen-bond donors (Lipinski definition) is 0. The normalized spacial score (nSPS) is 21.7. The lowest BCUT2D eigenvalue weighted by atomic mass is 10.0. The first-order valence-corrected chi connectivity index (χ1v) is 5.87. The van der Waals surface area contributed by atoms with E-state index in [0.717, 1.165) is 0 Å². The van der Waals surface area contributed by atoms with Gasteiger partial charge in [-0.3, -0.25) is 9.69 Å². The maximum atomic E-state index is 11.4. The summed E-state index contributed by atoms with van der Waals surface area (Å²) in [5, 5.41) is 0. The Morgan fingerprint density at radius 3 is 2.33 bits per heavy atom. The molecule has 0 aromatic rings. The fourth-order valence-corrected chi connectivity index (χ4v) is 2.38. The average Bonchev–Trinajstić information content (AvgIpc) is 2.78. The molecule has 3 nitrogen and oxygen atoms in total. The van der Waals surface area contributed by atoms with Gasteiger partial charge in [0.2, 0.25) is 0 Å². The third-order valence-electron chi connectivity index (χ3n) is 3.84. The van der Waals surface area contributed by atoms with Gasteiger partial charge in [0, 0.05) is 12.1 Å². The molecule has 0 aromatic carbocycles. The first-order valence-electron chi connectivity index (χ1n) is 5.87. The summed E-state index contributed by atoms with van der Waals surface area (Å²) < 4.78 is 4.78. The molecule has 1 rings (SSSR count). The highest BCUT2D eigenvalue weighted by Gasteiger charge is 2.29. The van der Waals surface area contributed by atoms with Gasteiger partial charge in [0.1, 0.15) is 0 Å². The van der Waals surface area contributed by atoms with Crippen molar-refractivity contribution in [3.05, 3.63) is 0 Å². The standard InChI is InChI=1S/C12H23NO2/c1-9(12(14)15-4)10(2)13(3)11-7-5-6-8-11/h9-11H,5-8H2,1-4H3. The van der Waals surface area contributed by atoms with Crippen molar-refractivity contribution in [2.45, 2.75) is 51.6 Å². The zero-order valence-corrected chi connectivity index (χ0v) is 10.3. The Kier molecular flexibility index (Phi) is 4.58. The number of ether oxygens (including phenoxy) is 1. The maximum absolute atomic E-state index is 11.4.